The van der Waals surface area contributed by atoms with Gasteiger partial charge in [0.05, 0.1) is 11.3 Å². The van der Waals surface area contributed by atoms with Crippen LogP contribution < -0.4 is 5.32 Å². The summed E-state index contributed by atoms with van der Waals surface area (Å²) in [6.07, 6.45) is -1.34. The first-order chi connectivity index (χ1) is 11.3. The summed E-state index contributed by atoms with van der Waals surface area (Å²) in [4.78, 5) is 23.7. The van der Waals surface area contributed by atoms with Crippen molar-refractivity contribution in [1.29, 1.82) is 0 Å². The molecule has 24 heavy (non-hydrogen) atoms. The SMILES string of the molecule is C[C@H](OC(=O)c1cccc(O)c1)C(=O)Nc1ccc(F)c(F)c1F. The molecule has 2 aromatic rings. The van der Waals surface area contributed by atoms with E-state index >= 15 is 0 Å². The summed E-state index contributed by atoms with van der Waals surface area (Å²) in [7, 11) is 0. The summed E-state index contributed by atoms with van der Waals surface area (Å²) in [5, 5.41) is 11.3. The predicted octanol–water partition coefficient (Wildman–Crippen LogP) is 2.99. The molecule has 2 aromatic carbocycles. The summed E-state index contributed by atoms with van der Waals surface area (Å²) in [5.41, 5.74) is -0.576. The van der Waals surface area contributed by atoms with E-state index in [1.54, 1.807) is 0 Å². The molecule has 0 aromatic heterocycles. The van der Waals surface area contributed by atoms with Gasteiger partial charge in [-0.1, -0.05) is 6.07 Å². The zero-order valence-electron chi connectivity index (χ0n) is 12.3. The molecular formula is C16H12F3NO4. The van der Waals surface area contributed by atoms with Gasteiger partial charge >= 0.3 is 5.97 Å². The van der Waals surface area contributed by atoms with Crippen LogP contribution in [0.4, 0.5) is 18.9 Å². The molecule has 0 aliphatic heterocycles. The Balaban J connectivity index is 2.05. The topological polar surface area (TPSA) is 75.6 Å². The molecular weight excluding hydrogens is 327 g/mol. The molecule has 0 spiro atoms. The third-order valence-corrected chi connectivity index (χ3v) is 3.03. The number of aromatic hydroxyl groups is 1. The molecule has 0 radical (unpaired) electrons. The summed E-state index contributed by atoms with van der Waals surface area (Å²) < 4.78 is 44.3. The van der Waals surface area contributed by atoms with Gasteiger partial charge in [-0.25, -0.2) is 18.0 Å². The van der Waals surface area contributed by atoms with E-state index in [0.29, 0.717) is 6.07 Å². The summed E-state index contributed by atoms with van der Waals surface area (Å²) >= 11 is 0. The van der Waals surface area contributed by atoms with Crippen molar-refractivity contribution in [3.8, 4) is 5.75 Å². The Morgan fingerprint density at radius 1 is 1.12 bits per heavy atom. The van der Waals surface area contributed by atoms with E-state index in [-0.39, 0.29) is 11.3 Å². The molecule has 0 saturated carbocycles. The van der Waals surface area contributed by atoms with E-state index in [1.165, 1.54) is 25.1 Å². The molecule has 8 heteroatoms. The minimum Gasteiger partial charge on any atom is -0.508 e. The summed E-state index contributed by atoms with van der Waals surface area (Å²) in [6.45, 7) is 1.22. The Bertz CT molecular complexity index is 795. The van der Waals surface area contributed by atoms with Crippen molar-refractivity contribution in [1.82, 2.24) is 0 Å². The second-order valence-electron chi connectivity index (χ2n) is 4.81. The average molecular weight is 339 g/mol. The normalized spacial score (nSPS) is 11.7. The number of phenolic OH excluding ortho intramolecular Hbond substituents is 1. The van der Waals surface area contributed by atoms with Gasteiger partial charge in [-0.15, -0.1) is 0 Å². The van der Waals surface area contributed by atoms with Gasteiger partial charge in [-0.3, -0.25) is 4.79 Å². The van der Waals surface area contributed by atoms with Crippen molar-refractivity contribution >= 4 is 17.6 Å². The van der Waals surface area contributed by atoms with Crippen molar-refractivity contribution in [3.05, 3.63) is 59.4 Å². The molecule has 0 aliphatic rings. The minimum atomic E-state index is -1.72. The highest BCUT2D eigenvalue weighted by Crippen LogP contribution is 2.20. The van der Waals surface area contributed by atoms with Crippen LogP contribution in [0.1, 0.15) is 17.3 Å². The number of carbonyl (C=O) groups excluding carboxylic acids is 2. The fraction of sp³-hybridized carbons (Fsp3) is 0.125. The molecule has 0 aliphatic carbocycles. The predicted molar refractivity (Wildman–Crippen MR) is 77.9 cm³/mol. The third-order valence-electron chi connectivity index (χ3n) is 3.03. The van der Waals surface area contributed by atoms with E-state index < -0.39 is 41.1 Å². The molecule has 1 amide bonds. The largest absolute Gasteiger partial charge is 0.508 e. The van der Waals surface area contributed by atoms with Gasteiger partial charge in [-0.2, -0.15) is 0 Å². The highest BCUT2D eigenvalue weighted by atomic mass is 19.2. The third kappa shape index (κ3) is 3.83. The minimum absolute atomic E-state index is 0.00802. The number of rotatable bonds is 4. The Kier molecular flexibility index (Phi) is 5.08. The maximum atomic E-state index is 13.5. The van der Waals surface area contributed by atoms with Crippen molar-refractivity contribution in [2.24, 2.45) is 0 Å². The second-order valence-corrected chi connectivity index (χ2v) is 4.81. The van der Waals surface area contributed by atoms with Gasteiger partial charge < -0.3 is 15.2 Å². The van der Waals surface area contributed by atoms with E-state index in [9.17, 15) is 27.9 Å². The Morgan fingerprint density at radius 2 is 1.83 bits per heavy atom. The van der Waals surface area contributed by atoms with Crippen LogP contribution in [0.3, 0.4) is 0 Å². The van der Waals surface area contributed by atoms with Crippen LogP contribution in [-0.4, -0.2) is 23.1 Å². The molecule has 0 unspecified atom stereocenters. The number of hydrogen-bond acceptors (Lipinski definition) is 4. The van der Waals surface area contributed by atoms with Gasteiger partial charge in [0.25, 0.3) is 5.91 Å². The van der Waals surface area contributed by atoms with Gasteiger partial charge in [0, 0.05) is 0 Å². The molecule has 5 nitrogen and oxygen atoms in total. The first-order valence-electron chi connectivity index (χ1n) is 6.74. The monoisotopic (exact) mass is 339 g/mol. The molecule has 126 valence electrons. The highest BCUT2D eigenvalue weighted by molar-refractivity contribution is 5.97. The van der Waals surface area contributed by atoms with Crippen LogP contribution in [0.25, 0.3) is 0 Å². The van der Waals surface area contributed by atoms with E-state index in [2.05, 4.69) is 0 Å². The number of esters is 1. The number of hydrogen-bond donors (Lipinski definition) is 2. The zero-order valence-corrected chi connectivity index (χ0v) is 12.3. The van der Waals surface area contributed by atoms with E-state index in [0.717, 1.165) is 12.1 Å². The maximum Gasteiger partial charge on any atom is 0.339 e. The highest BCUT2D eigenvalue weighted by Gasteiger charge is 2.22. The number of amides is 1. The van der Waals surface area contributed by atoms with E-state index in [4.69, 9.17) is 4.74 Å². The van der Waals surface area contributed by atoms with Crippen molar-refractivity contribution in [3.63, 3.8) is 0 Å². The van der Waals surface area contributed by atoms with Gasteiger partial charge in [0.2, 0.25) is 0 Å². The van der Waals surface area contributed by atoms with Crippen LogP contribution in [0.15, 0.2) is 36.4 Å². The second kappa shape index (κ2) is 7.03. The van der Waals surface area contributed by atoms with Gasteiger partial charge in [0.15, 0.2) is 23.6 Å². The van der Waals surface area contributed by atoms with Crippen LogP contribution in [-0.2, 0) is 9.53 Å². The van der Waals surface area contributed by atoms with Gasteiger partial charge in [0.1, 0.15) is 5.75 Å². The van der Waals surface area contributed by atoms with Crippen LogP contribution in [0.5, 0.6) is 5.75 Å². The van der Waals surface area contributed by atoms with E-state index in [1.807, 2.05) is 5.32 Å². The molecule has 0 fully saturated rings. The lowest BCUT2D eigenvalue weighted by atomic mass is 10.2. The Hall–Kier alpha value is -3.03. The number of nitrogens with one attached hydrogen (secondary N) is 1. The fourth-order valence-corrected chi connectivity index (χ4v) is 1.77. The molecule has 0 saturated heterocycles. The van der Waals surface area contributed by atoms with Crippen molar-refractivity contribution < 1.29 is 32.6 Å². The number of halogens is 3. The Labute approximate surface area is 134 Å². The molecule has 2 rings (SSSR count). The first-order valence-corrected chi connectivity index (χ1v) is 6.74. The molecule has 0 heterocycles. The summed E-state index contributed by atoms with van der Waals surface area (Å²) in [6, 6.07) is 6.75. The quantitative estimate of drug-likeness (QED) is 0.663. The van der Waals surface area contributed by atoms with Crippen molar-refractivity contribution in [2.45, 2.75) is 13.0 Å². The standard InChI is InChI=1S/C16H12F3NO4/c1-8(24-16(23)9-3-2-4-10(21)7-9)15(22)20-12-6-5-11(17)13(18)14(12)19/h2-8,21H,1H3,(H,20,22)/t8-/m0/s1. The number of phenols is 1. The van der Waals surface area contributed by atoms with Gasteiger partial charge in [-0.05, 0) is 37.3 Å². The Morgan fingerprint density at radius 3 is 2.50 bits per heavy atom. The molecule has 2 N–H and O–H groups in total. The number of carbonyl (C=O) groups is 2. The van der Waals surface area contributed by atoms with Crippen molar-refractivity contribution in [2.75, 3.05) is 5.32 Å². The zero-order chi connectivity index (χ0) is 17.9. The fourth-order valence-electron chi connectivity index (χ4n) is 1.77. The number of benzene rings is 2. The lowest BCUT2D eigenvalue weighted by Gasteiger charge is -2.14. The first kappa shape index (κ1) is 17.3. The smallest absolute Gasteiger partial charge is 0.339 e. The lowest BCUT2D eigenvalue weighted by Crippen LogP contribution is -2.30. The average Bonchev–Trinajstić information content (AvgIpc) is 2.55. The maximum absolute atomic E-state index is 13.5. The number of anilines is 1. The number of ether oxygens (including phenoxy) is 1. The van der Waals surface area contributed by atoms with Crippen LogP contribution in [0, 0.1) is 17.5 Å². The van der Waals surface area contributed by atoms with Crippen LogP contribution >= 0.6 is 0 Å². The summed E-state index contributed by atoms with van der Waals surface area (Å²) in [5.74, 6) is -6.67. The molecule has 1 atom stereocenters. The molecule has 0 bridgehead atoms. The van der Waals surface area contributed by atoms with Crippen LogP contribution in [0.2, 0.25) is 0 Å². The lowest BCUT2D eigenvalue weighted by molar-refractivity contribution is -0.123.